The van der Waals surface area contributed by atoms with Crippen molar-refractivity contribution in [2.24, 2.45) is 5.92 Å². The topological polar surface area (TPSA) is 84.9 Å². The molecular formula is C28H46N2O5. The van der Waals surface area contributed by atoms with Crippen molar-refractivity contribution in [3.05, 3.63) is 35.4 Å². The van der Waals surface area contributed by atoms with Crippen molar-refractivity contribution in [1.82, 2.24) is 10.2 Å². The van der Waals surface area contributed by atoms with Gasteiger partial charge in [-0.25, -0.2) is 0 Å². The summed E-state index contributed by atoms with van der Waals surface area (Å²) in [4.78, 5) is 37.9. The molecule has 1 rings (SSSR count). The van der Waals surface area contributed by atoms with Gasteiger partial charge in [-0.15, -0.1) is 0 Å². The summed E-state index contributed by atoms with van der Waals surface area (Å²) in [5.74, 6) is -0.126. The number of ether oxygens (including phenoxy) is 2. The van der Waals surface area contributed by atoms with Crippen LogP contribution >= 0.6 is 0 Å². The first kappa shape index (κ1) is 30.6. The SMILES string of the molecule is CCOC(=O)CN(CCCCCCCNC(=O)[C@@H](C)c1ccc(CC(C)C)cc1)CC(=O)OCC. The first-order valence-corrected chi connectivity index (χ1v) is 13.2. The van der Waals surface area contributed by atoms with E-state index in [2.05, 4.69) is 43.4 Å². The van der Waals surface area contributed by atoms with E-state index in [4.69, 9.17) is 9.47 Å². The van der Waals surface area contributed by atoms with Gasteiger partial charge in [-0.1, -0.05) is 57.4 Å². The van der Waals surface area contributed by atoms with E-state index >= 15 is 0 Å². The molecule has 7 nitrogen and oxygen atoms in total. The maximum atomic E-state index is 12.5. The van der Waals surface area contributed by atoms with Crippen molar-refractivity contribution in [2.45, 2.75) is 79.1 Å². The quantitative estimate of drug-likeness (QED) is 0.241. The fraction of sp³-hybridized carbons (Fsp3) is 0.679. The Hall–Kier alpha value is -2.41. The Morgan fingerprint density at radius 3 is 1.91 bits per heavy atom. The maximum Gasteiger partial charge on any atom is 0.320 e. The fourth-order valence-electron chi connectivity index (χ4n) is 3.91. The molecule has 0 bridgehead atoms. The molecule has 0 saturated carbocycles. The van der Waals surface area contributed by atoms with E-state index < -0.39 is 0 Å². The van der Waals surface area contributed by atoms with Gasteiger partial charge in [-0.2, -0.15) is 0 Å². The van der Waals surface area contributed by atoms with Gasteiger partial charge in [0.25, 0.3) is 0 Å². The minimum absolute atomic E-state index is 0.0650. The van der Waals surface area contributed by atoms with Crippen LogP contribution in [0.4, 0.5) is 0 Å². The van der Waals surface area contributed by atoms with Crippen LogP contribution in [0.3, 0.4) is 0 Å². The van der Waals surface area contributed by atoms with Gasteiger partial charge in [-0.3, -0.25) is 19.3 Å². The molecule has 198 valence electrons. The van der Waals surface area contributed by atoms with Crippen LogP contribution in [0.1, 0.15) is 83.8 Å². The normalized spacial score (nSPS) is 12.0. The Morgan fingerprint density at radius 1 is 0.829 bits per heavy atom. The summed E-state index contributed by atoms with van der Waals surface area (Å²) in [6.07, 6.45) is 5.92. The number of hydrogen-bond acceptors (Lipinski definition) is 6. The van der Waals surface area contributed by atoms with Gasteiger partial charge < -0.3 is 14.8 Å². The first-order valence-electron chi connectivity index (χ1n) is 13.2. The van der Waals surface area contributed by atoms with Crippen LogP contribution in [-0.2, 0) is 30.3 Å². The highest BCUT2D eigenvalue weighted by atomic mass is 16.5. The Morgan fingerprint density at radius 2 is 1.37 bits per heavy atom. The zero-order valence-corrected chi connectivity index (χ0v) is 22.4. The lowest BCUT2D eigenvalue weighted by Gasteiger charge is -2.20. The molecule has 0 aliphatic rings. The molecule has 0 unspecified atom stereocenters. The van der Waals surface area contributed by atoms with Crippen molar-refractivity contribution < 1.29 is 23.9 Å². The summed E-state index contributed by atoms with van der Waals surface area (Å²) >= 11 is 0. The lowest BCUT2D eigenvalue weighted by molar-refractivity contribution is -0.148. The Kier molecular flexibility index (Phi) is 15.7. The number of carbonyl (C=O) groups excluding carboxylic acids is 3. The van der Waals surface area contributed by atoms with Crippen LogP contribution in [0.5, 0.6) is 0 Å². The molecule has 0 aromatic heterocycles. The summed E-state index contributed by atoms with van der Waals surface area (Å²) in [7, 11) is 0. The standard InChI is InChI=1S/C28H46N2O5/c1-6-34-26(31)20-30(21-27(32)35-7-2)18-12-10-8-9-11-17-29-28(33)23(5)25-15-13-24(14-16-25)19-22(3)4/h13-16,22-23H,6-12,17-21H2,1-5H3,(H,29,33)/t23-/m0/s1. The van der Waals surface area contributed by atoms with Crippen LogP contribution in [0.25, 0.3) is 0 Å². The summed E-state index contributed by atoms with van der Waals surface area (Å²) < 4.78 is 10.0. The van der Waals surface area contributed by atoms with Gasteiger partial charge in [0.05, 0.1) is 32.2 Å². The summed E-state index contributed by atoms with van der Waals surface area (Å²) in [5, 5.41) is 3.05. The van der Waals surface area contributed by atoms with Crippen LogP contribution < -0.4 is 5.32 Å². The van der Waals surface area contributed by atoms with Gasteiger partial charge in [0.15, 0.2) is 0 Å². The predicted molar refractivity (Wildman–Crippen MR) is 139 cm³/mol. The molecule has 0 saturated heterocycles. The predicted octanol–water partition coefficient (Wildman–Crippen LogP) is 4.48. The number of amides is 1. The smallest absolute Gasteiger partial charge is 0.320 e. The third-order valence-electron chi connectivity index (χ3n) is 5.78. The van der Waals surface area contributed by atoms with Crippen molar-refractivity contribution in [2.75, 3.05) is 39.4 Å². The molecule has 1 amide bonds. The molecule has 1 aromatic carbocycles. The summed E-state index contributed by atoms with van der Waals surface area (Å²) in [5.41, 5.74) is 2.35. The molecule has 0 aliphatic carbocycles. The zero-order valence-electron chi connectivity index (χ0n) is 22.4. The second-order valence-corrected chi connectivity index (χ2v) is 9.44. The lowest BCUT2D eigenvalue weighted by Crippen LogP contribution is -2.36. The van der Waals surface area contributed by atoms with Gasteiger partial charge >= 0.3 is 11.9 Å². The number of carbonyl (C=O) groups is 3. The molecule has 0 fully saturated rings. The van der Waals surface area contributed by atoms with Crippen LogP contribution in [0.15, 0.2) is 24.3 Å². The van der Waals surface area contributed by atoms with Crippen molar-refractivity contribution in [1.29, 1.82) is 0 Å². The highest BCUT2D eigenvalue weighted by Crippen LogP contribution is 2.18. The number of unbranched alkanes of at least 4 members (excludes halogenated alkanes) is 4. The summed E-state index contributed by atoms with van der Waals surface area (Å²) in [6.45, 7) is 12.0. The average Bonchev–Trinajstić information content (AvgIpc) is 2.80. The van der Waals surface area contributed by atoms with Crippen LogP contribution in [0.2, 0.25) is 0 Å². The number of rotatable bonds is 18. The van der Waals surface area contributed by atoms with E-state index in [0.29, 0.717) is 32.2 Å². The van der Waals surface area contributed by atoms with Gasteiger partial charge in [-0.05, 0) is 63.6 Å². The number of nitrogens with one attached hydrogen (secondary N) is 1. The average molecular weight is 491 g/mol. The second kappa shape index (κ2) is 17.9. The van der Waals surface area contributed by atoms with Gasteiger partial charge in [0.2, 0.25) is 5.91 Å². The van der Waals surface area contributed by atoms with Gasteiger partial charge in [0.1, 0.15) is 0 Å². The molecule has 1 atom stereocenters. The molecule has 35 heavy (non-hydrogen) atoms. The Labute approximate surface area is 211 Å². The van der Waals surface area contributed by atoms with Gasteiger partial charge in [0, 0.05) is 6.54 Å². The van der Waals surface area contributed by atoms with Crippen molar-refractivity contribution >= 4 is 17.8 Å². The van der Waals surface area contributed by atoms with E-state index in [9.17, 15) is 14.4 Å². The van der Waals surface area contributed by atoms with E-state index in [1.807, 2.05) is 6.92 Å². The first-order chi connectivity index (χ1) is 16.8. The largest absolute Gasteiger partial charge is 0.465 e. The monoisotopic (exact) mass is 490 g/mol. The molecule has 0 heterocycles. The van der Waals surface area contributed by atoms with Crippen molar-refractivity contribution in [3.8, 4) is 0 Å². The second-order valence-electron chi connectivity index (χ2n) is 9.44. The zero-order chi connectivity index (χ0) is 26.1. The minimum Gasteiger partial charge on any atom is -0.465 e. The fourth-order valence-corrected chi connectivity index (χ4v) is 3.91. The van der Waals surface area contributed by atoms with Crippen molar-refractivity contribution in [3.63, 3.8) is 0 Å². The van der Waals surface area contributed by atoms with E-state index in [0.717, 1.165) is 44.1 Å². The van der Waals surface area contributed by atoms with E-state index in [1.165, 1.54) is 5.56 Å². The third-order valence-corrected chi connectivity index (χ3v) is 5.78. The van der Waals surface area contributed by atoms with Crippen LogP contribution in [0, 0.1) is 5.92 Å². The van der Waals surface area contributed by atoms with E-state index in [1.54, 1.807) is 18.7 Å². The summed E-state index contributed by atoms with van der Waals surface area (Å²) in [6, 6.07) is 8.38. The molecule has 0 radical (unpaired) electrons. The maximum absolute atomic E-state index is 12.5. The third kappa shape index (κ3) is 13.9. The number of benzene rings is 1. The van der Waals surface area contributed by atoms with E-state index in [-0.39, 0.29) is 36.9 Å². The Balaban J connectivity index is 2.25. The highest BCUT2D eigenvalue weighted by molar-refractivity contribution is 5.83. The molecule has 0 spiro atoms. The molecule has 1 aromatic rings. The lowest BCUT2D eigenvalue weighted by atomic mass is 9.96. The number of hydrogen-bond donors (Lipinski definition) is 1. The van der Waals surface area contributed by atoms with Crippen LogP contribution in [-0.4, -0.2) is 62.1 Å². The number of nitrogens with zero attached hydrogens (tertiary/aromatic N) is 1. The number of esters is 2. The molecular weight excluding hydrogens is 444 g/mol. The molecule has 1 N–H and O–H groups in total. The minimum atomic E-state index is -0.326. The highest BCUT2D eigenvalue weighted by Gasteiger charge is 2.16. The molecule has 0 aliphatic heterocycles. The molecule has 7 heteroatoms. The Bertz CT molecular complexity index is 728.